The van der Waals surface area contributed by atoms with Gasteiger partial charge in [-0.1, -0.05) is 19.3 Å². The molecule has 2 heterocycles. The number of hydrogen-bond acceptors (Lipinski definition) is 2. The minimum absolute atomic E-state index is 0.526. The van der Waals surface area contributed by atoms with Gasteiger partial charge in [-0.3, -0.25) is 0 Å². The zero-order valence-electron chi connectivity index (χ0n) is 11.4. The Hall–Kier alpha value is -0.830. The maximum atomic E-state index is 4.42. The van der Waals surface area contributed by atoms with Crippen LogP contribution in [0.3, 0.4) is 0 Å². The van der Waals surface area contributed by atoms with E-state index < -0.39 is 0 Å². The first-order valence-electron chi connectivity index (χ1n) is 7.62. The van der Waals surface area contributed by atoms with Crippen LogP contribution in [-0.2, 0) is 0 Å². The second-order valence-corrected chi connectivity index (χ2v) is 6.07. The third kappa shape index (κ3) is 2.46. The lowest BCUT2D eigenvalue weighted by Crippen LogP contribution is -2.36. The van der Waals surface area contributed by atoms with Crippen molar-refractivity contribution in [2.45, 2.75) is 76.4 Å². The van der Waals surface area contributed by atoms with Crippen molar-refractivity contribution in [3.8, 4) is 0 Å². The van der Waals surface area contributed by atoms with Gasteiger partial charge in [0.05, 0.1) is 12.0 Å². The molecule has 2 fully saturated rings. The van der Waals surface area contributed by atoms with Crippen LogP contribution in [0.15, 0.2) is 12.5 Å². The number of imidazole rings is 1. The van der Waals surface area contributed by atoms with Gasteiger partial charge in [-0.2, -0.15) is 0 Å². The SMILES string of the molecule is CC1CCCC(c2cncn2C2CCCCC2)N1. The Morgan fingerprint density at radius 3 is 2.72 bits per heavy atom. The van der Waals surface area contributed by atoms with Crippen molar-refractivity contribution in [2.24, 2.45) is 0 Å². The fourth-order valence-electron chi connectivity index (χ4n) is 3.62. The summed E-state index contributed by atoms with van der Waals surface area (Å²) in [5.41, 5.74) is 1.42. The lowest BCUT2D eigenvalue weighted by atomic mass is 9.93. The molecule has 1 aliphatic carbocycles. The quantitative estimate of drug-likeness (QED) is 0.865. The second kappa shape index (κ2) is 5.43. The summed E-state index contributed by atoms with van der Waals surface area (Å²) in [6.07, 6.45) is 14.9. The molecule has 1 saturated carbocycles. The molecule has 1 N–H and O–H groups in total. The standard InChI is InChI=1S/C15H25N3/c1-12-6-5-9-14(17-12)15-10-16-11-18(15)13-7-3-2-4-8-13/h10-14,17H,2-9H2,1H3. The van der Waals surface area contributed by atoms with Crippen LogP contribution in [0.25, 0.3) is 0 Å². The Labute approximate surface area is 110 Å². The van der Waals surface area contributed by atoms with Crippen LogP contribution in [0.2, 0.25) is 0 Å². The van der Waals surface area contributed by atoms with Crippen LogP contribution >= 0.6 is 0 Å². The summed E-state index contributed by atoms with van der Waals surface area (Å²) in [6, 6.07) is 1.88. The van der Waals surface area contributed by atoms with Crippen molar-refractivity contribution in [1.82, 2.24) is 14.9 Å². The number of piperidine rings is 1. The molecular weight excluding hydrogens is 222 g/mol. The Balaban J connectivity index is 1.77. The summed E-state index contributed by atoms with van der Waals surface area (Å²) in [5, 5.41) is 3.74. The first-order valence-corrected chi connectivity index (χ1v) is 7.62. The van der Waals surface area contributed by atoms with Gasteiger partial charge in [0.15, 0.2) is 0 Å². The molecule has 0 bridgehead atoms. The summed E-state index contributed by atoms with van der Waals surface area (Å²) in [6.45, 7) is 2.30. The Morgan fingerprint density at radius 1 is 1.11 bits per heavy atom. The molecule has 1 aromatic rings. The number of nitrogens with one attached hydrogen (secondary N) is 1. The van der Waals surface area contributed by atoms with Crippen molar-refractivity contribution >= 4 is 0 Å². The number of rotatable bonds is 2. The first kappa shape index (κ1) is 12.2. The second-order valence-electron chi connectivity index (χ2n) is 6.07. The third-order valence-electron chi connectivity index (χ3n) is 4.64. The maximum absolute atomic E-state index is 4.42. The number of nitrogens with zero attached hydrogens (tertiary/aromatic N) is 2. The van der Waals surface area contributed by atoms with Gasteiger partial charge in [0.1, 0.15) is 0 Å². The zero-order chi connectivity index (χ0) is 12.4. The van der Waals surface area contributed by atoms with Crippen LogP contribution < -0.4 is 5.32 Å². The van der Waals surface area contributed by atoms with Gasteiger partial charge in [-0.25, -0.2) is 4.98 Å². The first-order chi connectivity index (χ1) is 8.84. The van der Waals surface area contributed by atoms with Gasteiger partial charge < -0.3 is 9.88 Å². The average Bonchev–Trinajstić information content (AvgIpc) is 2.89. The van der Waals surface area contributed by atoms with Crippen LogP contribution in [0.5, 0.6) is 0 Å². The van der Waals surface area contributed by atoms with E-state index in [1.165, 1.54) is 57.1 Å². The average molecular weight is 247 g/mol. The van der Waals surface area contributed by atoms with Gasteiger partial charge in [0, 0.05) is 24.3 Å². The molecule has 2 atom stereocenters. The summed E-state index contributed by atoms with van der Waals surface area (Å²) >= 11 is 0. The molecule has 0 amide bonds. The molecule has 100 valence electrons. The highest BCUT2D eigenvalue weighted by molar-refractivity contribution is 5.08. The van der Waals surface area contributed by atoms with Crippen LogP contribution in [-0.4, -0.2) is 15.6 Å². The normalized spacial score (nSPS) is 30.5. The smallest absolute Gasteiger partial charge is 0.0951 e. The van der Waals surface area contributed by atoms with E-state index in [-0.39, 0.29) is 0 Å². The van der Waals surface area contributed by atoms with E-state index >= 15 is 0 Å². The fraction of sp³-hybridized carbons (Fsp3) is 0.800. The van der Waals surface area contributed by atoms with Crippen molar-refractivity contribution in [2.75, 3.05) is 0 Å². The summed E-state index contributed by atoms with van der Waals surface area (Å²) < 4.78 is 2.47. The van der Waals surface area contributed by atoms with Crippen molar-refractivity contribution in [3.63, 3.8) is 0 Å². The molecule has 2 aliphatic rings. The van der Waals surface area contributed by atoms with E-state index in [4.69, 9.17) is 0 Å². The fourth-order valence-corrected chi connectivity index (χ4v) is 3.62. The molecule has 0 radical (unpaired) electrons. The number of hydrogen-bond donors (Lipinski definition) is 1. The topological polar surface area (TPSA) is 29.9 Å². The van der Waals surface area contributed by atoms with Crippen molar-refractivity contribution < 1.29 is 0 Å². The van der Waals surface area contributed by atoms with Gasteiger partial charge in [0.25, 0.3) is 0 Å². The van der Waals surface area contributed by atoms with Gasteiger partial charge in [-0.05, 0) is 39.0 Å². The monoisotopic (exact) mass is 247 g/mol. The minimum Gasteiger partial charge on any atom is -0.330 e. The molecular formula is C15H25N3. The molecule has 3 heteroatoms. The molecule has 1 aromatic heterocycles. The maximum Gasteiger partial charge on any atom is 0.0951 e. The molecule has 1 aliphatic heterocycles. The molecule has 3 nitrogen and oxygen atoms in total. The highest BCUT2D eigenvalue weighted by atomic mass is 15.1. The Kier molecular flexibility index (Phi) is 3.69. The molecule has 3 rings (SSSR count). The van der Waals surface area contributed by atoms with Gasteiger partial charge >= 0.3 is 0 Å². The van der Waals surface area contributed by atoms with E-state index in [2.05, 4.69) is 34.3 Å². The zero-order valence-corrected chi connectivity index (χ0v) is 11.4. The van der Waals surface area contributed by atoms with E-state index in [1.54, 1.807) is 0 Å². The molecule has 1 saturated heterocycles. The highest BCUT2D eigenvalue weighted by Gasteiger charge is 2.25. The van der Waals surface area contributed by atoms with Gasteiger partial charge in [0.2, 0.25) is 0 Å². The minimum atomic E-state index is 0.526. The summed E-state index contributed by atoms with van der Waals surface area (Å²) in [5.74, 6) is 0. The highest BCUT2D eigenvalue weighted by Crippen LogP contribution is 2.32. The lowest BCUT2D eigenvalue weighted by molar-refractivity contribution is 0.300. The van der Waals surface area contributed by atoms with Crippen LogP contribution in [0.1, 0.15) is 76.1 Å². The van der Waals surface area contributed by atoms with E-state index in [9.17, 15) is 0 Å². The predicted octanol–water partition coefficient (Wildman–Crippen LogP) is 3.59. The third-order valence-corrected chi connectivity index (χ3v) is 4.64. The number of aromatic nitrogens is 2. The summed E-state index contributed by atoms with van der Waals surface area (Å²) in [4.78, 5) is 4.42. The van der Waals surface area contributed by atoms with Crippen LogP contribution in [0, 0.1) is 0 Å². The molecule has 0 aromatic carbocycles. The van der Waals surface area contributed by atoms with Gasteiger partial charge in [-0.15, -0.1) is 0 Å². The lowest BCUT2D eigenvalue weighted by Gasteiger charge is -2.32. The van der Waals surface area contributed by atoms with E-state index in [1.807, 2.05) is 0 Å². The molecule has 18 heavy (non-hydrogen) atoms. The Bertz CT molecular complexity index is 379. The van der Waals surface area contributed by atoms with Crippen LogP contribution in [0.4, 0.5) is 0 Å². The largest absolute Gasteiger partial charge is 0.330 e. The van der Waals surface area contributed by atoms with Crippen molar-refractivity contribution in [1.29, 1.82) is 0 Å². The van der Waals surface area contributed by atoms with E-state index in [0.29, 0.717) is 18.1 Å². The molecule has 2 unspecified atom stereocenters. The molecule has 0 spiro atoms. The van der Waals surface area contributed by atoms with E-state index in [0.717, 1.165) is 0 Å². The summed E-state index contributed by atoms with van der Waals surface area (Å²) in [7, 11) is 0. The Morgan fingerprint density at radius 2 is 1.94 bits per heavy atom. The van der Waals surface area contributed by atoms with Crippen molar-refractivity contribution in [3.05, 3.63) is 18.2 Å². The predicted molar refractivity (Wildman–Crippen MR) is 73.5 cm³/mol.